The van der Waals surface area contributed by atoms with Crippen molar-refractivity contribution in [3.8, 4) is 11.5 Å². The van der Waals surface area contributed by atoms with E-state index in [0.717, 1.165) is 29.5 Å². The van der Waals surface area contributed by atoms with Gasteiger partial charge in [-0.1, -0.05) is 91.0 Å². The Balaban J connectivity index is 1.25. The molecular formula is C37H33N3O5S2. The van der Waals surface area contributed by atoms with Gasteiger partial charge < -0.3 is 14.6 Å². The molecule has 0 radical (unpaired) electrons. The largest absolute Gasteiger partial charge is 0.507 e. The Morgan fingerprint density at radius 3 is 2.74 bits per heavy atom. The second-order valence-corrected chi connectivity index (χ2v) is 13.9. The van der Waals surface area contributed by atoms with Gasteiger partial charge in [0, 0.05) is 17.7 Å². The van der Waals surface area contributed by atoms with E-state index in [1.807, 2.05) is 55.5 Å². The molecule has 1 saturated heterocycles. The fourth-order valence-corrected chi connectivity index (χ4v) is 7.97. The Labute approximate surface area is 281 Å². The molecule has 1 fully saturated rings. The summed E-state index contributed by atoms with van der Waals surface area (Å²) >= 11 is 2.77. The summed E-state index contributed by atoms with van der Waals surface area (Å²) in [6.45, 7) is 4.62. The van der Waals surface area contributed by atoms with Crippen LogP contribution in [0.4, 0.5) is 5.13 Å². The topological polar surface area (TPSA) is 102 Å². The Morgan fingerprint density at radius 2 is 1.87 bits per heavy atom. The molecule has 0 saturated carbocycles. The number of hydrogen-bond acceptors (Lipinski definition) is 9. The summed E-state index contributed by atoms with van der Waals surface area (Å²) in [5.41, 5.74) is 3.17. The summed E-state index contributed by atoms with van der Waals surface area (Å²) in [5, 5.41) is 23.1. The first-order valence-electron chi connectivity index (χ1n) is 15.7. The predicted molar refractivity (Wildman–Crippen MR) is 185 cm³/mol. The van der Waals surface area contributed by atoms with Crippen molar-refractivity contribution >= 4 is 56.5 Å². The Kier molecular flexibility index (Phi) is 8.70. The van der Waals surface area contributed by atoms with E-state index < -0.39 is 17.7 Å². The van der Waals surface area contributed by atoms with Crippen molar-refractivity contribution in [2.45, 2.75) is 55.3 Å². The van der Waals surface area contributed by atoms with Crippen LogP contribution in [-0.4, -0.2) is 39.7 Å². The van der Waals surface area contributed by atoms with E-state index in [1.54, 1.807) is 12.1 Å². The summed E-state index contributed by atoms with van der Waals surface area (Å²) in [6.07, 6.45) is 2.60. The van der Waals surface area contributed by atoms with Gasteiger partial charge in [-0.05, 0) is 71.1 Å². The van der Waals surface area contributed by atoms with E-state index in [9.17, 15) is 14.7 Å². The summed E-state index contributed by atoms with van der Waals surface area (Å²) in [7, 11) is 0. The van der Waals surface area contributed by atoms with E-state index in [-0.39, 0.29) is 22.6 Å². The molecule has 4 aromatic carbocycles. The van der Waals surface area contributed by atoms with Crippen LogP contribution in [-0.2, 0) is 21.8 Å². The van der Waals surface area contributed by atoms with Crippen molar-refractivity contribution in [3.05, 3.63) is 113 Å². The number of aliphatic hydroxyl groups is 1. The van der Waals surface area contributed by atoms with Crippen LogP contribution in [0.2, 0.25) is 0 Å². The third kappa shape index (κ3) is 6.11. The molecule has 238 valence electrons. The van der Waals surface area contributed by atoms with Crippen molar-refractivity contribution in [1.29, 1.82) is 0 Å². The van der Waals surface area contributed by atoms with Crippen LogP contribution >= 0.6 is 23.1 Å². The van der Waals surface area contributed by atoms with E-state index in [2.05, 4.69) is 41.4 Å². The zero-order valence-corrected chi connectivity index (χ0v) is 27.6. The monoisotopic (exact) mass is 663 g/mol. The van der Waals surface area contributed by atoms with Gasteiger partial charge in [-0.15, -0.1) is 10.2 Å². The molecule has 5 aromatic rings. The summed E-state index contributed by atoms with van der Waals surface area (Å²) in [6, 6.07) is 26.2. The van der Waals surface area contributed by atoms with Crippen molar-refractivity contribution in [2.24, 2.45) is 0 Å². The van der Waals surface area contributed by atoms with Crippen molar-refractivity contribution < 1.29 is 24.2 Å². The number of benzene rings is 4. The lowest BCUT2D eigenvalue weighted by atomic mass is 9.94. The summed E-state index contributed by atoms with van der Waals surface area (Å²) < 4.78 is 12.5. The Hall–Kier alpha value is -4.67. The number of fused-ring (bicyclic) bond motifs is 2. The molecule has 3 heterocycles. The highest BCUT2D eigenvalue weighted by atomic mass is 32.2. The fraction of sp³-hybridized carbons (Fsp3) is 0.243. The zero-order valence-electron chi connectivity index (χ0n) is 26.0. The van der Waals surface area contributed by atoms with Gasteiger partial charge in [-0.25, -0.2) is 0 Å². The number of amides is 1. The number of ether oxygens (including phenoxy) is 2. The number of carbonyl (C=O) groups excluding carboxylic acids is 2. The first-order valence-corrected chi connectivity index (χ1v) is 17.5. The number of aromatic nitrogens is 2. The van der Waals surface area contributed by atoms with E-state index in [4.69, 9.17) is 9.47 Å². The van der Waals surface area contributed by atoms with E-state index in [0.29, 0.717) is 40.0 Å². The average molecular weight is 664 g/mol. The van der Waals surface area contributed by atoms with Crippen LogP contribution in [0.15, 0.2) is 94.8 Å². The van der Waals surface area contributed by atoms with Gasteiger partial charge in [0.05, 0.1) is 18.2 Å². The minimum atomic E-state index is -0.933. The summed E-state index contributed by atoms with van der Waals surface area (Å²) in [5.74, 6) is 0.240. The van der Waals surface area contributed by atoms with Crippen LogP contribution in [0.1, 0.15) is 55.0 Å². The highest BCUT2D eigenvalue weighted by molar-refractivity contribution is 8.00. The highest BCUT2D eigenvalue weighted by Gasteiger charge is 2.48. The number of anilines is 1. The molecule has 1 N–H and O–H groups in total. The summed E-state index contributed by atoms with van der Waals surface area (Å²) in [4.78, 5) is 29.0. The molecule has 7 rings (SSSR count). The van der Waals surface area contributed by atoms with Crippen LogP contribution in [0, 0.1) is 0 Å². The van der Waals surface area contributed by atoms with E-state index >= 15 is 0 Å². The van der Waals surface area contributed by atoms with Gasteiger partial charge in [0.2, 0.25) is 5.13 Å². The molecule has 10 heteroatoms. The number of Topliss-reactive ketones (excluding diaryl/α,β-unsaturated/α-hetero) is 1. The quantitative estimate of drug-likeness (QED) is 0.0399. The molecule has 8 nitrogen and oxygen atoms in total. The van der Waals surface area contributed by atoms with Crippen LogP contribution in [0.5, 0.6) is 11.5 Å². The first kappa shape index (κ1) is 31.0. The van der Waals surface area contributed by atoms with Crippen molar-refractivity contribution in [1.82, 2.24) is 10.2 Å². The van der Waals surface area contributed by atoms with Gasteiger partial charge in [0.15, 0.2) is 4.34 Å². The molecule has 1 aromatic heterocycles. The van der Waals surface area contributed by atoms with Crippen LogP contribution in [0.3, 0.4) is 0 Å². The van der Waals surface area contributed by atoms with Crippen molar-refractivity contribution in [3.63, 3.8) is 0 Å². The molecule has 1 amide bonds. The zero-order chi connectivity index (χ0) is 32.5. The van der Waals surface area contributed by atoms with Gasteiger partial charge in [-0.2, -0.15) is 0 Å². The third-order valence-corrected chi connectivity index (χ3v) is 10.5. The van der Waals surface area contributed by atoms with Gasteiger partial charge >= 0.3 is 5.91 Å². The molecule has 2 unspecified atom stereocenters. The highest BCUT2D eigenvalue weighted by Crippen LogP contribution is 2.45. The van der Waals surface area contributed by atoms with Crippen LogP contribution in [0.25, 0.3) is 16.5 Å². The third-order valence-electron chi connectivity index (χ3n) is 8.39. The first-order chi connectivity index (χ1) is 22.9. The molecule has 0 spiro atoms. The number of thioether (sulfide) groups is 1. The number of rotatable bonds is 10. The number of unbranched alkanes of at least 4 members (excludes halogenated alkanes) is 1. The second-order valence-electron chi connectivity index (χ2n) is 11.7. The van der Waals surface area contributed by atoms with Gasteiger partial charge in [-0.3, -0.25) is 14.5 Å². The molecule has 2 aliphatic heterocycles. The van der Waals surface area contributed by atoms with Gasteiger partial charge in [0.25, 0.3) is 5.78 Å². The minimum Gasteiger partial charge on any atom is -0.507 e. The molecule has 47 heavy (non-hydrogen) atoms. The number of nitrogens with zero attached hydrogens (tertiary/aromatic N) is 3. The number of ketones is 1. The fourth-order valence-electron chi connectivity index (χ4n) is 6.09. The number of aliphatic hydroxyl groups excluding tert-OH is 1. The lowest BCUT2D eigenvalue weighted by Gasteiger charge is -2.23. The van der Waals surface area contributed by atoms with Gasteiger partial charge in [0.1, 0.15) is 23.4 Å². The minimum absolute atomic E-state index is 0.00668. The van der Waals surface area contributed by atoms with E-state index in [1.165, 1.54) is 38.9 Å². The Morgan fingerprint density at radius 1 is 1.04 bits per heavy atom. The smallest absolute Gasteiger partial charge is 0.301 e. The SMILES string of the molecule is CCCCOc1cccc(C2/C(=C(\O)c3ccc4c(c3)CC(C)O4)C(=O)C(=O)N2c2nnc(SCc3cccc4ccccc34)s2)c1. The second kappa shape index (κ2) is 13.2. The van der Waals surface area contributed by atoms with Crippen molar-refractivity contribution in [2.75, 3.05) is 11.5 Å². The number of hydrogen-bond donors (Lipinski definition) is 1. The lowest BCUT2D eigenvalue weighted by molar-refractivity contribution is -0.132. The standard InChI is InChI=1S/C37H33N3O5S2/c1-3-4-17-44-28-13-8-11-24(20-28)32-31(33(41)25-15-16-30-27(19-25)18-22(2)45-30)34(42)35(43)40(32)36-38-39-37(47-36)46-21-26-12-7-10-23-9-5-6-14-29(23)26/h5-16,19-20,22,32,41H,3-4,17-18,21H2,1-2H3/b33-31+. The van der Waals surface area contributed by atoms with Crippen LogP contribution < -0.4 is 14.4 Å². The molecule has 2 atom stereocenters. The molecule has 2 aliphatic rings. The normalized spacial score (nSPS) is 18.5. The molecule has 0 bridgehead atoms. The lowest BCUT2D eigenvalue weighted by Crippen LogP contribution is -2.29. The average Bonchev–Trinajstić information content (AvgIpc) is 3.78. The molecular weight excluding hydrogens is 631 g/mol. The number of carbonyl (C=O) groups is 2. The Bertz CT molecular complexity index is 2020. The predicted octanol–water partition coefficient (Wildman–Crippen LogP) is 8.11. The molecule has 0 aliphatic carbocycles. The maximum atomic E-state index is 13.8. The maximum absolute atomic E-state index is 13.8. The maximum Gasteiger partial charge on any atom is 0.301 e.